The zero-order valence-electron chi connectivity index (χ0n) is 14.1. The Morgan fingerprint density at radius 1 is 1.20 bits per heavy atom. The van der Waals surface area contributed by atoms with Gasteiger partial charge >= 0.3 is 10.4 Å². The predicted octanol–water partition coefficient (Wildman–Crippen LogP) is 3.00. The molecule has 2 fully saturated rings. The van der Waals surface area contributed by atoms with Crippen LogP contribution in [0.3, 0.4) is 0 Å². The Bertz CT molecular complexity index is 845. The van der Waals surface area contributed by atoms with Crippen LogP contribution >= 0.6 is 0 Å². The van der Waals surface area contributed by atoms with Gasteiger partial charge < -0.3 is 9.29 Å². The third-order valence-electron chi connectivity index (χ3n) is 6.71. The van der Waals surface area contributed by atoms with Crippen molar-refractivity contribution in [3.63, 3.8) is 0 Å². The van der Waals surface area contributed by atoms with E-state index >= 15 is 0 Å². The number of Topliss-reactive ketones (excluding diaryl/α,β-unsaturated/α-hetero) is 1. The van der Waals surface area contributed by atoms with Gasteiger partial charge in [-0.2, -0.15) is 8.42 Å². The first-order valence-electron chi connectivity index (χ1n) is 8.75. The molecule has 1 aromatic rings. The van der Waals surface area contributed by atoms with Crippen molar-refractivity contribution in [1.82, 2.24) is 0 Å². The van der Waals surface area contributed by atoms with Crippen LogP contribution in [-0.4, -0.2) is 23.9 Å². The summed E-state index contributed by atoms with van der Waals surface area (Å²) in [4.78, 5) is 12.3. The summed E-state index contributed by atoms with van der Waals surface area (Å²) >= 11 is 0. The summed E-state index contributed by atoms with van der Waals surface area (Å²) in [7, 11) is -4.67. The van der Waals surface area contributed by atoms with E-state index in [2.05, 4.69) is 11.1 Å². The van der Waals surface area contributed by atoms with E-state index in [-0.39, 0.29) is 22.8 Å². The minimum absolute atomic E-state index is 0.200. The Hall–Kier alpha value is -1.60. The van der Waals surface area contributed by atoms with Gasteiger partial charge in [0.05, 0.1) is 0 Å². The average Bonchev–Trinajstić information content (AvgIpc) is 2.82. The maximum Gasteiger partial charge on any atom is 0.446 e. The molecule has 2 N–H and O–H groups in total. The predicted molar refractivity (Wildman–Crippen MR) is 89.9 cm³/mol. The Labute approximate surface area is 147 Å². The van der Waals surface area contributed by atoms with Crippen LogP contribution in [0.5, 0.6) is 11.5 Å². The fourth-order valence-electron chi connectivity index (χ4n) is 5.54. The zero-order valence-corrected chi connectivity index (χ0v) is 14.9. The number of carbonyl (C=O) groups is 1. The van der Waals surface area contributed by atoms with E-state index < -0.39 is 10.4 Å². The standard InChI is InChI=1S/C18H22O6S/c1-18-7-6-11-12(14(18)4-5-17(18)20)3-2-10-8-16(24-25(21,22)23)15(19)9-13(10)11/h8-9,11-12,14,19H,2-7H2,1H3,(H,21,22,23)/t11?,12?,14?,18-/m0/s1. The summed E-state index contributed by atoms with van der Waals surface area (Å²) in [6, 6.07) is 3.09. The van der Waals surface area contributed by atoms with Gasteiger partial charge in [0.25, 0.3) is 0 Å². The molecule has 4 atom stereocenters. The van der Waals surface area contributed by atoms with Crippen LogP contribution < -0.4 is 4.18 Å². The second-order valence-electron chi connectivity index (χ2n) is 7.86. The lowest BCUT2D eigenvalue weighted by atomic mass is 9.55. The van der Waals surface area contributed by atoms with Crippen molar-refractivity contribution >= 4 is 16.2 Å². The molecule has 136 valence electrons. The molecule has 7 heteroatoms. The molecule has 0 radical (unpaired) electrons. The van der Waals surface area contributed by atoms with Gasteiger partial charge in [0.1, 0.15) is 5.78 Å². The number of phenolic OH excluding ortho intramolecular Hbond substituents is 1. The summed E-state index contributed by atoms with van der Waals surface area (Å²) in [5.74, 6) is 0.956. The SMILES string of the molecule is C[C@]12CCC3c4cc(O)c(OS(=O)(=O)O)cc4CCC3C1CCC2=O. The third-order valence-corrected chi connectivity index (χ3v) is 7.10. The Balaban J connectivity index is 1.69. The number of hydrogen-bond donors (Lipinski definition) is 2. The molecule has 0 bridgehead atoms. The van der Waals surface area contributed by atoms with E-state index in [0.717, 1.165) is 43.2 Å². The van der Waals surface area contributed by atoms with Crippen molar-refractivity contribution in [2.75, 3.05) is 0 Å². The topological polar surface area (TPSA) is 101 Å². The van der Waals surface area contributed by atoms with Crippen LogP contribution in [0.25, 0.3) is 0 Å². The molecule has 1 aromatic carbocycles. The molecule has 25 heavy (non-hydrogen) atoms. The molecule has 0 amide bonds. The van der Waals surface area contributed by atoms with Gasteiger partial charge in [-0.15, -0.1) is 0 Å². The third kappa shape index (κ3) is 2.64. The fourth-order valence-corrected chi connectivity index (χ4v) is 5.90. The van der Waals surface area contributed by atoms with Crippen LogP contribution in [0.1, 0.15) is 56.1 Å². The van der Waals surface area contributed by atoms with Crippen molar-refractivity contribution in [3.8, 4) is 11.5 Å². The maximum atomic E-state index is 12.3. The van der Waals surface area contributed by atoms with Crippen molar-refractivity contribution in [2.45, 2.75) is 51.4 Å². The van der Waals surface area contributed by atoms with E-state index in [9.17, 15) is 18.3 Å². The lowest BCUT2D eigenvalue weighted by Crippen LogP contribution is -2.42. The number of ketones is 1. The average molecular weight is 366 g/mol. The maximum absolute atomic E-state index is 12.3. The van der Waals surface area contributed by atoms with Gasteiger partial charge in [-0.25, -0.2) is 0 Å². The van der Waals surface area contributed by atoms with Gasteiger partial charge in [0.15, 0.2) is 11.5 Å². The number of aryl methyl sites for hydroxylation is 1. The normalized spacial score (nSPS) is 34.2. The van der Waals surface area contributed by atoms with Crippen LogP contribution in [0.2, 0.25) is 0 Å². The molecule has 3 aliphatic carbocycles. The monoisotopic (exact) mass is 366 g/mol. The lowest BCUT2D eigenvalue weighted by molar-refractivity contribution is -0.129. The van der Waals surface area contributed by atoms with Gasteiger partial charge in [-0.05, 0) is 73.1 Å². The number of rotatable bonds is 2. The van der Waals surface area contributed by atoms with Crippen molar-refractivity contribution in [2.24, 2.45) is 17.3 Å². The molecule has 0 heterocycles. The van der Waals surface area contributed by atoms with Gasteiger partial charge in [0, 0.05) is 11.8 Å². The van der Waals surface area contributed by atoms with E-state index in [1.807, 2.05) is 0 Å². The molecule has 3 unspecified atom stereocenters. The van der Waals surface area contributed by atoms with E-state index in [1.165, 1.54) is 6.07 Å². The second-order valence-corrected chi connectivity index (χ2v) is 8.89. The van der Waals surface area contributed by atoms with Crippen LogP contribution in [0.4, 0.5) is 0 Å². The van der Waals surface area contributed by atoms with E-state index in [0.29, 0.717) is 24.0 Å². The van der Waals surface area contributed by atoms with Crippen molar-refractivity contribution in [3.05, 3.63) is 23.3 Å². The number of hydrogen-bond acceptors (Lipinski definition) is 5. The van der Waals surface area contributed by atoms with Crippen LogP contribution in [0.15, 0.2) is 12.1 Å². The Morgan fingerprint density at radius 3 is 2.68 bits per heavy atom. The van der Waals surface area contributed by atoms with Gasteiger partial charge in [0.2, 0.25) is 0 Å². The molecule has 6 nitrogen and oxygen atoms in total. The highest BCUT2D eigenvalue weighted by molar-refractivity contribution is 7.81. The first-order valence-corrected chi connectivity index (χ1v) is 10.1. The smallest absolute Gasteiger partial charge is 0.446 e. The van der Waals surface area contributed by atoms with Crippen molar-refractivity contribution < 1.29 is 27.1 Å². The molecule has 0 spiro atoms. The van der Waals surface area contributed by atoms with Crippen LogP contribution in [-0.2, 0) is 21.6 Å². The number of aromatic hydroxyl groups is 1. The molecule has 3 aliphatic rings. The van der Waals surface area contributed by atoms with Crippen LogP contribution in [0, 0.1) is 17.3 Å². The highest BCUT2D eigenvalue weighted by atomic mass is 32.3. The molecular formula is C18H22O6S. The molecule has 0 aliphatic heterocycles. The zero-order chi connectivity index (χ0) is 18.0. The van der Waals surface area contributed by atoms with Crippen molar-refractivity contribution in [1.29, 1.82) is 0 Å². The first kappa shape index (κ1) is 16.8. The summed E-state index contributed by atoms with van der Waals surface area (Å²) in [6.45, 7) is 2.11. The molecule has 0 aromatic heterocycles. The summed E-state index contributed by atoms with van der Waals surface area (Å²) in [5, 5.41) is 10.1. The molecular weight excluding hydrogens is 344 g/mol. The lowest BCUT2D eigenvalue weighted by Gasteiger charge is -2.48. The number of phenols is 1. The summed E-state index contributed by atoms with van der Waals surface area (Å²) in [5.41, 5.74) is 1.78. The summed E-state index contributed by atoms with van der Waals surface area (Å²) < 4.78 is 35.2. The minimum atomic E-state index is -4.67. The number of benzene rings is 1. The number of fused-ring (bicyclic) bond motifs is 5. The quantitative estimate of drug-likeness (QED) is 0.780. The van der Waals surface area contributed by atoms with Gasteiger partial charge in [-0.3, -0.25) is 9.35 Å². The fraction of sp³-hybridized carbons (Fsp3) is 0.611. The van der Waals surface area contributed by atoms with Gasteiger partial charge in [-0.1, -0.05) is 6.92 Å². The van der Waals surface area contributed by atoms with E-state index in [1.54, 1.807) is 6.07 Å². The number of carbonyl (C=O) groups excluding carboxylic acids is 1. The summed E-state index contributed by atoms with van der Waals surface area (Å²) in [6.07, 6.45) is 5.07. The minimum Gasteiger partial charge on any atom is -0.504 e. The molecule has 2 saturated carbocycles. The Morgan fingerprint density at radius 2 is 1.96 bits per heavy atom. The molecule has 4 rings (SSSR count). The first-order chi connectivity index (χ1) is 11.7. The Kier molecular flexibility index (Phi) is 3.67. The highest BCUT2D eigenvalue weighted by Crippen LogP contribution is 2.60. The largest absolute Gasteiger partial charge is 0.504 e. The van der Waals surface area contributed by atoms with E-state index in [4.69, 9.17) is 4.55 Å². The molecule has 0 saturated heterocycles. The second kappa shape index (κ2) is 5.45. The highest BCUT2D eigenvalue weighted by Gasteiger charge is 2.54.